The van der Waals surface area contributed by atoms with Crippen LogP contribution in [0.2, 0.25) is 0 Å². The lowest BCUT2D eigenvalue weighted by Crippen LogP contribution is -2.51. The number of benzene rings is 1. The highest BCUT2D eigenvalue weighted by atomic mass is 32.1. The van der Waals surface area contributed by atoms with Crippen molar-refractivity contribution in [1.29, 1.82) is 0 Å². The number of nitrogens with zero attached hydrogens (tertiary/aromatic N) is 3. The quantitative estimate of drug-likeness (QED) is 0.832. The van der Waals surface area contributed by atoms with Crippen molar-refractivity contribution in [3.05, 3.63) is 35.5 Å². The van der Waals surface area contributed by atoms with Crippen molar-refractivity contribution in [2.75, 3.05) is 31.1 Å². The molecule has 0 spiro atoms. The number of carbonyl (C=O) groups is 1. The molecule has 2 heterocycles. The van der Waals surface area contributed by atoms with Crippen molar-refractivity contribution in [3.8, 4) is 11.3 Å². The van der Waals surface area contributed by atoms with Crippen LogP contribution in [0.3, 0.4) is 0 Å². The average molecular weight is 347 g/mol. The van der Waals surface area contributed by atoms with Crippen molar-refractivity contribution in [2.45, 2.75) is 20.8 Å². The fourth-order valence-electron chi connectivity index (χ4n) is 2.78. The van der Waals surface area contributed by atoms with Crippen LogP contribution < -0.4 is 4.90 Å². The molecule has 1 aromatic carbocycles. The molecule has 4 nitrogen and oxygen atoms in total. The number of piperazine rings is 1. The van der Waals surface area contributed by atoms with E-state index < -0.39 is 0 Å². The first-order valence-corrected chi connectivity index (χ1v) is 8.99. The van der Waals surface area contributed by atoms with E-state index in [9.17, 15) is 9.18 Å². The molecule has 0 aliphatic carbocycles. The molecule has 1 aromatic heterocycles. The Morgan fingerprint density at radius 2 is 1.83 bits per heavy atom. The summed E-state index contributed by atoms with van der Waals surface area (Å²) in [6, 6.07) is 6.69. The number of anilines is 1. The first-order valence-electron chi connectivity index (χ1n) is 8.11. The Bertz CT molecular complexity index is 730. The molecule has 3 rings (SSSR count). The molecule has 2 aromatic rings. The van der Waals surface area contributed by atoms with Gasteiger partial charge in [0.15, 0.2) is 5.13 Å². The number of thiazole rings is 1. The van der Waals surface area contributed by atoms with E-state index in [1.165, 1.54) is 17.4 Å². The lowest BCUT2D eigenvalue weighted by atomic mass is 9.94. The smallest absolute Gasteiger partial charge is 0.228 e. The fourth-order valence-corrected chi connectivity index (χ4v) is 3.66. The average Bonchev–Trinajstić information content (AvgIpc) is 3.03. The second-order valence-electron chi connectivity index (χ2n) is 7.02. The first kappa shape index (κ1) is 16.9. The summed E-state index contributed by atoms with van der Waals surface area (Å²) in [5.74, 6) is -0.0664. The molecular formula is C18H22FN3OS. The van der Waals surface area contributed by atoms with Gasteiger partial charge in [-0.15, -0.1) is 11.3 Å². The van der Waals surface area contributed by atoms with E-state index in [2.05, 4.69) is 9.88 Å². The summed E-state index contributed by atoms with van der Waals surface area (Å²) >= 11 is 1.52. The standard InChI is InChI=1S/C18H22FN3OS/c1-18(2,3)16(23)21-8-10-22(11-9-21)17-20-15(12-24-17)13-6-4-5-7-14(13)19/h4-7,12H,8-11H2,1-3H3. The zero-order chi connectivity index (χ0) is 17.3. The van der Waals surface area contributed by atoms with Crippen molar-refractivity contribution in [3.63, 3.8) is 0 Å². The van der Waals surface area contributed by atoms with Gasteiger partial charge >= 0.3 is 0 Å². The zero-order valence-corrected chi connectivity index (χ0v) is 15.1. The normalized spacial score (nSPS) is 15.7. The second kappa shape index (κ2) is 6.51. The van der Waals surface area contributed by atoms with Crippen LogP contribution in [0, 0.1) is 11.2 Å². The van der Waals surface area contributed by atoms with Gasteiger partial charge in [-0.3, -0.25) is 4.79 Å². The highest BCUT2D eigenvalue weighted by Crippen LogP contribution is 2.30. The monoisotopic (exact) mass is 347 g/mol. The van der Waals surface area contributed by atoms with Gasteiger partial charge < -0.3 is 9.80 Å². The largest absolute Gasteiger partial charge is 0.345 e. The summed E-state index contributed by atoms with van der Waals surface area (Å²) in [7, 11) is 0. The van der Waals surface area contributed by atoms with E-state index in [1.54, 1.807) is 12.1 Å². The van der Waals surface area contributed by atoms with Crippen molar-refractivity contribution in [1.82, 2.24) is 9.88 Å². The Balaban J connectivity index is 1.68. The van der Waals surface area contributed by atoms with Crippen LogP contribution in [0.4, 0.5) is 9.52 Å². The van der Waals surface area contributed by atoms with E-state index in [4.69, 9.17) is 0 Å². The number of hydrogen-bond acceptors (Lipinski definition) is 4. The predicted octanol–water partition coefficient (Wildman–Crippen LogP) is 3.64. The van der Waals surface area contributed by atoms with Crippen LogP contribution in [0.15, 0.2) is 29.6 Å². The van der Waals surface area contributed by atoms with Crippen molar-refractivity contribution >= 4 is 22.4 Å². The molecular weight excluding hydrogens is 325 g/mol. The van der Waals surface area contributed by atoms with Crippen molar-refractivity contribution in [2.24, 2.45) is 5.41 Å². The summed E-state index contributed by atoms with van der Waals surface area (Å²) in [6.45, 7) is 8.75. The van der Waals surface area contributed by atoms with E-state index in [0.717, 1.165) is 18.2 Å². The number of aromatic nitrogens is 1. The molecule has 0 saturated carbocycles. The molecule has 0 N–H and O–H groups in total. The molecule has 6 heteroatoms. The summed E-state index contributed by atoms with van der Waals surface area (Å²) < 4.78 is 13.9. The molecule has 1 saturated heterocycles. The molecule has 1 amide bonds. The van der Waals surface area contributed by atoms with Gasteiger partial charge in [-0.2, -0.15) is 0 Å². The highest BCUT2D eigenvalue weighted by Gasteiger charge is 2.30. The van der Waals surface area contributed by atoms with Gasteiger partial charge in [0, 0.05) is 42.5 Å². The van der Waals surface area contributed by atoms with Crippen LogP contribution in [0.1, 0.15) is 20.8 Å². The Morgan fingerprint density at radius 1 is 1.17 bits per heavy atom. The first-order chi connectivity index (χ1) is 11.4. The van der Waals surface area contributed by atoms with Gasteiger partial charge in [0.25, 0.3) is 0 Å². The van der Waals surface area contributed by atoms with E-state index >= 15 is 0 Å². The van der Waals surface area contributed by atoms with E-state index in [1.807, 2.05) is 37.1 Å². The molecule has 128 valence electrons. The number of rotatable bonds is 2. The minimum atomic E-state index is -0.346. The summed E-state index contributed by atoms with van der Waals surface area (Å²) in [5, 5.41) is 2.77. The summed E-state index contributed by atoms with van der Waals surface area (Å²) in [6.07, 6.45) is 0. The fraction of sp³-hybridized carbons (Fsp3) is 0.444. The maximum absolute atomic E-state index is 13.9. The minimum absolute atomic E-state index is 0.188. The molecule has 0 unspecified atom stereocenters. The predicted molar refractivity (Wildman–Crippen MR) is 95.8 cm³/mol. The van der Waals surface area contributed by atoms with Gasteiger partial charge in [0.05, 0.1) is 5.69 Å². The number of carbonyl (C=O) groups excluding carboxylic acids is 1. The van der Waals surface area contributed by atoms with Gasteiger partial charge in [0.1, 0.15) is 5.82 Å². The number of halogens is 1. The van der Waals surface area contributed by atoms with Gasteiger partial charge in [-0.05, 0) is 12.1 Å². The van der Waals surface area contributed by atoms with Crippen LogP contribution in [0.5, 0.6) is 0 Å². The maximum atomic E-state index is 13.9. The van der Waals surface area contributed by atoms with E-state index in [0.29, 0.717) is 24.3 Å². The Labute approximate surface area is 145 Å². The Morgan fingerprint density at radius 3 is 2.46 bits per heavy atom. The SMILES string of the molecule is CC(C)(C)C(=O)N1CCN(c2nc(-c3ccccc3F)cs2)CC1. The molecule has 1 aliphatic heterocycles. The summed E-state index contributed by atoms with van der Waals surface area (Å²) in [4.78, 5) is 21.0. The van der Waals surface area contributed by atoms with Gasteiger partial charge in [-0.25, -0.2) is 9.37 Å². The number of hydrogen-bond donors (Lipinski definition) is 0. The molecule has 0 radical (unpaired) electrons. The second-order valence-corrected chi connectivity index (χ2v) is 7.86. The molecule has 1 aliphatic rings. The molecule has 24 heavy (non-hydrogen) atoms. The third kappa shape index (κ3) is 3.43. The zero-order valence-electron chi connectivity index (χ0n) is 14.3. The van der Waals surface area contributed by atoms with E-state index in [-0.39, 0.29) is 17.1 Å². The molecule has 1 fully saturated rings. The van der Waals surface area contributed by atoms with Gasteiger partial charge in [0.2, 0.25) is 5.91 Å². The van der Waals surface area contributed by atoms with Crippen LogP contribution in [-0.2, 0) is 4.79 Å². The topological polar surface area (TPSA) is 36.4 Å². The van der Waals surface area contributed by atoms with Gasteiger partial charge in [-0.1, -0.05) is 32.9 Å². The lowest BCUT2D eigenvalue weighted by molar-refractivity contribution is -0.139. The Kier molecular flexibility index (Phi) is 4.58. The van der Waals surface area contributed by atoms with Crippen LogP contribution >= 0.6 is 11.3 Å². The maximum Gasteiger partial charge on any atom is 0.228 e. The summed E-state index contributed by atoms with van der Waals surface area (Å²) in [5.41, 5.74) is 0.851. The third-order valence-electron chi connectivity index (χ3n) is 4.12. The third-order valence-corrected chi connectivity index (χ3v) is 5.02. The molecule has 0 bridgehead atoms. The van der Waals surface area contributed by atoms with Crippen molar-refractivity contribution < 1.29 is 9.18 Å². The van der Waals surface area contributed by atoms with Crippen LogP contribution in [0.25, 0.3) is 11.3 Å². The lowest BCUT2D eigenvalue weighted by Gasteiger charge is -2.37. The molecule has 0 atom stereocenters. The number of amides is 1. The highest BCUT2D eigenvalue weighted by molar-refractivity contribution is 7.14. The minimum Gasteiger partial charge on any atom is -0.345 e. The Hall–Kier alpha value is -1.95. The van der Waals surface area contributed by atoms with Crippen LogP contribution in [-0.4, -0.2) is 42.0 Å².